The third-order valence-corrected chi connectivity index (χ3v) is 5.01. The Morgan fingerprint density at radius 1 is 1.21 bits per heavy atom. The summed E-state index contributed by atoms with van der Waals surface area (Å²) in [4.78, 5) is 39.1. The van der Waals surface area contributed by atoms with Gasteiger partial charge in [0.15, 0.2) is 6.10 Å². The van der Waals surface area contributed by atoms with E-state index >= 15 is 0 Å². The molecule has 1 aromatic heterocycles. The number of esters is 1. The molecule has 0 saturated heterocycles. The molecule has 3 rings (SSSR count). The van der Waals surface area contributed by atoms with Crippen LogP contribution >= 0.6 is 11.3 Å². The average Bonchev–Trinajstić information content (AvgIpc) is 3.09. The number of hydrogen-bond acceptors (Lipinski definition) is 7. The first-order chi connectivity index (χ1) is 13.4. The number of carbonyl (C=O) groups is 2. The van der Waals surface area contributed by atoms with Gasteiger partial charge in [-0.1, -0.05) is 24.3 Å². The summed E-state index contributed by atoms with van der Waals surface area (Å²) in [6.45, 7) is 1.42. The third-order valence-electron chi connectivity index (χ3n) is 3.92. The van der Waals surface area contributed by atoms with Crippen molar-refractivity contribution < 1.29 is 19.2 Å². The molecule has 1 heterocycles. The number of rotatable bonds is 7. The van der Waals surface area contributed by atoms with Crippen LogP contribution in [0, 0.1) is 10.1 Å². The molecular weight excluding hydrogens is 382 g/mol. The van der Waals surface area contributed by atoms with Gasteiger partial charge in [-0.05, 0) is 25.1 Å². The molecule has 0 aliphatic heterocycles. The number of nitrogens with zero attached hydrogens (tertiary/aromatic N) is 2. The molecule has 8 nitrogen and oxygen atoms in total. The maximum absolute atomic E-state index is 12.2. The number of thiazole rings is 1. The number of carbonyl (C=O) groups excluding carboxylic acids is 2. The Bertz CT molecular complexity index is 1000. The summed E-state index contributed by atoms with van der Waals surface area (Å²) in [5.41, 5.74) is 0.702. The summed E-state index contributed by atoms with van der Waals surface area (Å²) in [5.74, 6) is -1.17. The molecule has 0 spiro atoms. The minimum absolute atomic E-state index is 0.0508. The first-order valence-corrected chi connectivity index (χ1v) is 9.34. The van der Waals surface area contributed by atoms with Crippen molar-refractivity contribution in [2.75, 3.05) is 5.32 Å². The molecule has 0 radical (unpaired) electrons. The predicted octanol–water partition coefficient (Wildman–Crippen LogP) is 3.71. The van der Waals surface area contributed by atoms with Gasteiger partial charge in [0.2, 0.25) is 0 Å². The summed E-state index contributed by atoms with van der Waals surface area (Å²) in [7, 11) is 0. The van der Waals surface area contributed by atoms with Gasteiger partial charge in [-0.2, -0.15) is 0 Å². The highest BCUT2D eigenvalue weighted by Crippen LogP contribution is 2.24. The van der Waals surface area contributed by atoms with Crippen molar-refractivity contribution in [3.05, 3.63) is 63.7 Å². The molecule has 3 aromatic rings. The van der Waals surface area contributed by atoms with Gasteiger partial charge >= 0.3 is 5.97 Å². The number of fused-ring (bicyclic) bond motifs is 1. The number of para-hydroxylation sites is 3. The van der Waals surface area contributed by atoms with Crippen molar-refractivity contribution in [2.45, 2.75) is 25.9 Å². The smallest absolute Gasteiger partial charge is 0.306 e. The standard InChI is InChI=1S/C19H17N3O5S/c1-12(19(24)21-13-6-2-4-8-15(13)22(25)26)27-18(23)11-10-17-20-14-7-3-5-9-16(14)28-17/h2-9,12H,10-11H2,1H3,(H,21,24)/t12-/m0/s1. The fraction of sp³-hybridized carbons (Fsp3) is 0.211. The Morgan fingerprint density at radius 3 is 2.68 bits per heavy atom. The lowest BCUT2D eigenvalue weighted by atomic mass is 10.2. The number of hydrogen-bond donors (Lipinski definition) is 1. The number of aryl methyl sites for hydroxylation is 1. The van der Waals surface area contributed by atoms with E-state index in [4.69, 9.17) is 4.74 Å². The highest BCUT2D eigenvalue weighted by molar-refractivity contribution is 7.18. The molecule has 0 aliphatic carbocycles. The van der Waals surface area contributed by atoms with Crippen molar-refractivity contribution in [3.63, 3.8) is 0 Å². The van der Waals surface area contributed by atoms with E-state index in [9.17, 15) is 19.7 Å². The maximum atomic E-state index is 12.2. The molecule has 1 atom stereocenters. The van der Waals surface area contributed by atoms with Crippen molar-refractivity contribution >= 4 is 44.8 Å². The van der Waals surface area contributed by atoms with Gasteiger partial charge in [-0.15, -0.1) is 11.3 Å². The second-order valence-electron chi connectivity index (χ2n) is 5.97. The Morgan fingerprint density at radius 2 is 1.93 bits per heavy atom. The Balaban J connectivity index is 1.53. The van der Waals surface area contributed by atoms with Crippen LogP contribution in [0.5, 0.6) is 0 Å². The molecular formula is C19H17N3O5S. The minimum Gasteiger partial charge on any atom is -0.453 e. The fourth-order valence-corrected chi connectivity index (χ4v) is 3.49. The second kappa shape index (κ2) is 8.57. The highest BCUT2D eigenvalue weighted by Gasteiger charge is 2.21. The van der Waals surface area contributed by atoms with Gasteiger partial charge in [-0.3, -0.25) is 19.7 Å². The molecule has 0 fully saturated rings. The third kappa shape index (κ3) is 4.68. The van der Waals surface area contributed by atoms with Crippen LogP contribution < -0.4 is 5.32 Å². The number of benzene rings is 2. The maximum Gasteiger partial charge on any atom is 0.306 e. The summed E-state index contributed by atoms with van der Waals surface area (Å²) >= 11 is 1.51. The molecule has 28 heavy (non-hydrogen) atoms. The zero-order valence-electron chi connectivity index (χ0n) is 15.0. The number of anilines is 1. The lowest BCUT2D eigenvalue weighted by molar-refractivity contribution is -0.383. The molecule has 9 heteroatoms. The van der Waals surface area contributed by atoms with E-state index in [0.29, 0.717) is 6.42 Å². The van der Waals surface area contributed by atoms with Gasteiger partial charge < -0.3 is 10.1 Å². The normalized spacial score (nSPS) is 11.8. The van der Waals surface area contributed by atoms with Crippen LogP contribution in [0.15, 0.2) is 48.5 Å². The number of nitro benzene ring substituents is 1. The summed E-state index contributed by atoms with van der Waals surface area (Å²) in [6.07, 6.45) is -0.581. The Kier molecular flexibility index (Phi) is 5.95. The number of amides is 1. The Hall–Kier alpha value is -3.33. The first-order valence-electron chi connectivity index (χ1n) is 8.52. The number of aromatic nitrogens is 1. The summed E-state index contributed by atoms with van der Waals surface area (Å²) < 4.78 is 6.18. The Labute approximate surface area is 164 Å². The van der Waals surface area contributed by atoms with E-state index in [1.165, 1.54) is 36.5 Å². The van der Waals surface area contributed by atoms with Crippen LogP contribution in [0.1, 0.15) is 18.4 Å². The quantitative estimate of drug-likeness (QED) is 0.368. The molecule has 144 valence electrons. The summed E-state index contributed by atoms with van der Waals surface area (Å²) in [5, 5.41) is 14.2. The second-order valence-corrected chi connectivity index (χ2v) is 7.09. The van der Waals surface area contributed by atoms with E-state index < -0.39 is 22.9 Å². The van der Waals surface area contributed by atoms with Crippen molar-refractivity contribution in [1.82, 2.24) is 4.98 Å². The molecule has 1 N–H and O–H groups in total. The summed E-state index contributed by atoms with van der Waals surface area (Å²) in [6, 6.07) is 13.5. The van der Waals surface area contributed by atoms with E-state index in [1.807, 2.05) is 24.3 Å². The zero-order valence-corrected chi connectivity index (χ0v) is 15.8. The molecule has 0 unspecified atom stereocenters. The first kappa shape index (κ1) is 19.4. The van der Waals surface area contributed by atoms with Crippen LogP contribution in [-0.2, 0) is 20.7 Å². The van der Waals surface area contributed by atoms with Gasteiger partial charge in [0, 0.05) is 12.5 Å². The number of ether oxygens (including phenoxy) is 1. The lowest BCUT2D eigenvalue weighted by Gasteiger charge is -2.13. The van der Waals surface area contributed by atoms with Gasteiger partial charge in [0.25, 0.3) is 11.6 Å². The number of nitrogens with one attached hydrogen (secondary N) is 1. The molecule has 2 aromatic carbocycles. The lowest BCUT2D eigenvalue weighted by Crippen LogP contribution is -2.30. The fourth-order valence-electron chi connectivity index (χ4n) is 2.52. The van der Waals surface area contributed by atoms with Crippen LogP contribution in [0.3, 0.4) is 0 Å². The highest BCUT2D eigenvalue weighted by atomic mass is 32.1. The largest absolute Gasteiger partial charge is 0.453 e. The predicted molar refractivity (Wildman–Crippen MR) is 105 cm³/mol. The van der Waals surface area contributed by atoms with Crippen LogP contribution in [0.4, 0.5) is 11.4 Å². The average molecular weight is 399 g/mol. The van der Waals surface area contributed by atoms with E-state index in [1.54, 1.807) is 6.07 Å². The SMILES string of the molecule is C[C@H](OC(=O)CCc1nc2ccccc2s1)C(=O)Nc1ccccc1[N+](=O)[O-]. The zero-order chi connectivity index (χ0) is 20.1. The van der Waals surface area contributed by atoms with Crippen molar-refractivity contribution in [2.24, 2.45) is 0 Å². The van der Waals surface area contributed by atoms with Gasteiger partial charge in [0.1, 0.15) is 5.69 Å². The van der Waals surface area contributed by atoms with Crippen LogP contribution in [0.2, 0.25) is 0 Å². The van der Waals surface area contributed by atoms with E-state index in [2.05, 4.69) is 10.3 Å². The monoisotopic (exact) mass is 399 g/mol. The molecule has 0 bridgehead atoms. The number of nitro groups is 1. The molecule has 1 amide bonds. The molecule has 0 saturated carbocycles. The van der Waals surface area contributed by atoms with Crippen LogP contribution in [-0.4, -0.2) is 27.9 Å². The van der Waals surface area contributed by atoms with E-state index in [-0.39, 0.29) is 17.8 Å². The topological polar surface area (TPSA) is 111 Å². The van der Waals surface area contributed by atoms with Gasteiger partial charge in [-0.25, -0.2) is 4.98 Å². The van der Waals surface area contributed by atoms with Gasteiger partial charge in [0.05, 0.1) is 26.6 Å². The van der Waals surface area contributed by atoms with Crippen molar-refractivity contribution in [3.8, 4) is 0 Å². The molecule has 0 aliphatic rings. The minimum atomic E-state index is -1.08. The van der Waals surface area contributed by atoms with Crippen LogP contribution in [0.25, 0.3) is 10.2 Å². The van der Waals surface area contributed by atoms with E-state index in [0.717, 1.165) is 15.2 Å². The van der Waals surface area contributed by atoms with Crippen molar-refractivity contribution in [1.29, 1.82) is 0 Å².